The number of ether oxygens (including phenoxy) is 1. The quantitative estimate of drug-likeness (QED) is 0.625. The van der Waals surface area contributed by atoms with Gasteiger partial charge in [-0.1, -0.05) is 44.2 Å². The van der Waals surface area contributed by atoms with Crippen LogP contribution in [0.5, 0.6) is 5.75 Å². The number of ketones is 1. The molecule has 0 fully saturated rings. The fourth-order valence-electron chi connectivity index (χ4n) is 4.96. The number of rotatable bonds is 3. The molecule has 0 saturated carbocycles. The average Bonchev–Trinajstić information content (AvgIpc) is 3.08. The molecular formula is C26H27N3O2. The van der Waals surface area contributed by atoms with E-state index in [1.165, 1.54) is 0 Å². The van der Waals surface area contributed by atoms with Gasteiger partial charge in [-0.05, 0) is 48.6 Å². The number of para-hydroxylation sites is 1. The van der Waals surface area contributed by atoms with Crippen LogP contribution in [0.4, 0.5) is 5.82 Å². The van der Waals surface area contributed by atoms with Gasteiger partial charge < -0.3 is 10.1 Å². The summed E-state index contributed by atoms with van der Waals surface area (Å²) in [6.07, 6.45) is 1.39. The maximum atomic E-state index is 13.4. The molecule has 31 heavy (non-hydrogen) atoms. The Kier molecular flexibility index (Phi) is 4.50. The van der Waals surface area contributed by atoms with Gasteiger partial charge in [-0.3, -0.25) is 4.79 Å². The van der Waals surface area contributed by atoms with Crippen molar-refractivity contribution < 1.29 is 9.53 Å². The van der Waals surface area contributed by atoms with Gasteiger partial charge in [0.1, 0.15) is 11.6 Å². The molecule has 0 radical (unpaired) electrons. The van der Waals surface area contributed by atoms with Crippen molar-refractivity contribution >= 4 is 11.6 Å². The molecule has 1 aliphatic heterocycles. The van der Waals surface area contributed by atoms with Crippen LogP contribution in [0.2, 0.25) is 0 Å². The molecule has 1 N–H and O–H groups in total. The zero-order chi connectivity index (χ0) is 21.8. The molecule has 1 aromatic heterocycles. The number of Topliss-reactive ketones (excluding diaryl/α,β-unsaturated/α-hetero) is 1. The first-order valence-electron chi connectivity index (χ1n) is 10.7. The summed E-state index contributed by atoms with van der Waals surface area (Å²) < 4.78 is 7.33. The highest BCUT2D eigenvalue weighted by atomic mass is 16.5. The van der Waals surface area contributed by atoms with Gasteiger partial charge in [-0.15, -0.1) is 0 Å². The molecule has 0 bridgehead atoms. The van der Waals surface area contributed by atoms with Crippen LogP contribution in [0.1, 0.15) is 49.4 Å². The third kappa shape index (κ3) is 3.25. The second kappa shape index (κ2) is 7.12. The molecule has 1 aliphatic carbocycles. The summed E-state index contributed by atoms with van der Waals surface area (Å²) >= 11 is 0. The summed E-state index contributed by atoms with van der Waals surface area (Å²) in [6.45, 7) is 6.35. The Labute approximate surface area is 182 Å². The van der Waals surface area contributed by atoms with Gasteiger partial charge in [-0.2, -0.15) is 5.10 Å². The van der Waals surface area contributed by atoms with Crippen molar-refractivity contribution in [1.29, 1.82) is 0 Å². The number of carbonyl (C=O) groups excluding carboxylic acids is 1. The van der Waals surface area contributed by atoms with Crippen LogP contribution >= 0.6 is 0 Å². The number of hydrogen-bond donors (Lipinski definition) is 1. The Balaban J connectivity index is 1.74. The van der Waals surface area contributed by atoms with Crippen LogP contribution in [0.25, 0.3) is 5.69 Å². The average molecular weight is 414 g/mol. The fourth-order valence-corrected chi connectivity index (χ4v) is 4.96. The summed E-state index contributed by atoms with van der Waals surface area (Å²) in [5.41, 5.74) is 5.91. The molecule has 3 aromatic rings. The van der Waals surface area contributed by atoms with E-state index < -0.39 is 0 Å². The minimum absolute atomic E-state index is 0.0719. The molecule has 2 aliphatic rings. The first kappa shape index (κ1) is 19.6. The minimum Gasteiger partial charge on any atom is -0.497 e. The van der Waals surface area contributed by atoms with Crippen LogP contribution < -0.4 is 10.1 Å². The Bertz CT molecular complexity index is 1190. The number of nitrogens with zero attached hydrogens (tertiary/aromatic N) is 2. The normalized spacial score (nSPS) is 19.5. The van der Waals surface area contributed by atoms with E-state index in [4.69, 9.17) is 9.84 Å². The van der Waals surface area contributed by atoms with E-state index in [9.17, 15) is 4.79 Å². The summed E-state index contributed by atoms with van der Waals surface area (Å²) in [5.74, 6) is 1.84. The van der Waals surface area contributed by atoms with E-state index in [-0.39, 0.29) is 17.1 Å². The largest absolute Gasteiger partial charge is 0.497 e. The number of carbonyl (C=O) groups is 1. The first-order valence-corrected chi connectivity index (χ1v) is 10.7. The van der Waals surface area contributed by atoms with Gasteiger partial charge in [0.25, 0.3) is 0 Å². The topological polar surface area (TPSA) is 56.1 Å². The number of allylic oxidation sites excluding steroid dienone is 2. The Morgan fingerprint density at radius 3 is 2.45 bits per heavy atom. The Morgan fingerprint density at radius 1 is 1.06 bits per heavy atom. The van der Waals surface area contributed by atoms with E-state index in [2.05, 4.69) is 43.4 Å². The van der Waals surface area contributed by atoms with Crippen molar-refractivity contribution in [2.45, 2.75) is 39.5 Å². The third-order valence-electron chi connectivity index (χ3n) is 6.32. The van der Waals surface area contributed by atoms with Crippen LogP contribution in [0.15, 0.2) is 65.9 Å². The van der Waals surface area contributed by atoms with Crippen LogP contribution in [0.3, 0.4) is 0 Å². The lowest BCUT2D eigenvalue weighted by atomic mass is 9.69. The molecule has 5 nitrogen and oxygen atoms in total. The highest BCUT2D eigenvalue weighted by molar-refractivity contribution is 6.01. The van der Waals surface area contributed by atoms with Crippen molar-refractivity contribution in [3.05, 3.63) is 82.7 Å². The molecule has 0 saturated heterocycles. The molecular weight excluding hydrogens is 386 g/mol. The van der Waals surface area contributed by atoms with Crippen molar-refractivity contribution in [3.63, 3.8) is 0 Å². The zero-order valence-electron chi connectivity index (χ0n) is 18.4. The fraction of sp³-hybridized carbons (Fsp3) is 0.308. The second-order valence-electron chi connectivity index (χ2n) is 9.26. The molecule has 1 atom stereocenters. The minimum atomic E-state index is -0.141. The van der Waals surface area contributed by atoms with Gasteiger partial charge in [0.15, 0.2) is 5.78 Å². The number of fused-ring (bicyclic) bond motifs is 1. The maximum absolute atomic E-state index is 13.4. The Morgan fingerprint density at radius 2 is 1.77 bits per heavy atom. The molecule has 2 heterocycles. The molecule has 2 aromatic carbocycles. The number of aromatic nitrogens is 2. The van der Waals surface area contributed by atoms with Crippen LogP contribution in [-0.4, -0.2) is 22.7 Å². The molecule has 5 heteroatoms. The number of nitrogens with one attached hydrogen (secondary N) is 1. The summed E-state index contributed by atoms with van der Waals surface area (Å²) in [6, 6.07) is 18.2. The van der Waals surface area contributed by atoms with Crippen molar-refractivity contribution in [2.24, 2.45) is 5.41 Å². The highest BCUT2D eigenvalue weighted by Gasteiger charge is 2.42. The molecule has 0 spiro atoms. The number of anilines is 1. The van der Waals surface area contributed by atoms with E-state index in [1.807, 2.05) is 41.9 Å². The zero-order valence-corrected chi connectivity index (χ0v) is 18.4. The third-order valence-corrected chi connectivity index (χ3v) is 6.32. The van der Waals surface area contributed by atoms with E-state index in [1.54, 1.807) is 7.11 Å². The van der Waals surface area contributed by atoms with Crippen LogP contribution in [0, 0.1) is 12.3 Å². The van der Waals surface area contributed by atoms with E-state index in [0.717, 1.165) is 51.8 Å². The molecule has 158 valence electrons. The lowest BCUT2D eigenvalue weighted by Crippen LogP contribution is -2.34. The number of aryl methyl sites for hydroxylation is 1. The monoisotopic (exact) mass is 413 g/mol. The highest BCUT2D eigenvalue weighted by Crippen LogP contribution is 2.50. The van der Waals surface area contributed by atoms with Crippen molar-refractivity contribution in [2.75, 3.05) is 12.4 Å². The molecule has 5 rings (SSSR count). The van der Waals surface area contributed by atoms with Gasteiger partial charge in [0, 0.05) is 29.2 Å². The predicted molar refractivity (Wildman–Crippen MR) is 122 cm³/mol. The van der Waals surface area contributed by atoms with E-state index in [0.29, 0.717) is 6.42 Å². The van der Waals surface area contributed by atoms with Gasteiger partial charge in [0.05, 0.1) is 18.5 Å². The number of benzene rings is 2. The van der Waals surface area contributed by atoms with Gasteiger partial charge in [0.2, 0.25) is 0 Å². The summed E-state index contributed by atoms with van der Waals surface area (Å²) in [5, 5.41) is 8.51. The van der Waals surface area contributed by atoms with Gasteiger partial charge in [-0.25, -0.2) is 4.68 Å². The SMILES string of the molecule is COc1ccc([C@H]2C3=C(CC(C)(C)CC3=O)Nc3c2c(C)nn3-c2ccccc2)cc1. The van der Waals surface area contributed by atoms with E-state index >= 15 is 0 Å². The van der Waals surface area contributed by atoms with Gasteiger partial charge >= 0.3 is 0 Å². The predicted octanol–water partition coefficient (Wildman–Crippen LogP) is 5.39. The second-order valence-corrected chi connectivity index (χ2v) is 9.26. The van der Waals surface area contributed by atoms with Crippen molar-refractivity contribution in [1.82, 2.24) is 9.78 Å². The number of hydrogen-bond acceptors (Lipinski definition) is 4. The van der Waals surface area contributed by atoms with Crippen molar-refractivity contribution in [3.8, 4) is 11.4 Å². The standard InChI is InChI=1S/C26H27N3O2/c1-16-22-23(17-10-12-19(31-4)13-11-17)24-20(14-26(2,3)15-21(24)30)27-25(22)29(28-16)18-8-6-5-7-9-18/h5-13,23,27H,14-15H2,1-4H3/t23-/m1/s1. The summed E-state index contributed by atoms with van der Waals surface area (Å²) in [4.78, 5) is 13.4. The lowest BCUT2D eigenvalue weighted by Gasteiger charge is -2.38. The smallest absolute Gasteiger partial charge is 0.162 e. The first-order chi connectivity index (χ1) is 14.9. The van der Waals surface area contributed by atoms with Crippen LogP contribution in [-0.2, 0) is 4.79 Å². The molecule has 0 amide bonds. The summed E-state index contributed by atoms with van der Waals surface area (Å²) in [7, 11) is 1.67. The Hall–Kier alpha value is -3.34. The maximum Gasteiger partial charge on any atom is 0.162 e. The lowest BCUT2D eigenvalue weighted by molar-refractivity contribution is -0.118. The molecule has 0 unspecified atom stereocenters. The number of methoxy groups -OCH3 is 1.